The minimum Gasteiger partial charge on any atom is -0.309 e. The van der Waals surface area contributed by atoms with Crippen molar-refractivity contribution < 1.29 is 0 Å². The van der Waals surface area contributed by atoms with Gasteiger partial charge in [0, 0.05) is 12.1 Å². The van der Waals surface area contributed by atoms with Gasteiger partial charge in [0.15, 0.2) is 0 Å². The fourth-order valence-electron chi connectivity index (χ4n) is 2.13. The molecule has 82 valence electrons. The third-order valence-electron chi connectivity index (χ3n) is 3.18. The van der Waals surface area contributed by atoms with Crippen LogP contribution in [0.3, 0.4) is 0 Å². The molecule has 1 fully saturated rings. The van der Waals surface area contributed by atoms with Crippen molar-refractivity contribution in [3.05, 3.63) is 26.8 Å². The third-order valence-corrected chi connectivity index (χ3v) is 3.74. The molecule has 1 heterocycles. The Morgan fingerprint density at radius 1 is 1.40 bits per heavy atom. The molecule has 4 heteroatoms. The van der Waals surface area contributed by atoms with Gasteiger partial charge >= 0.3 is 0 Å². The van der Waals surface area contributed by atoms with Crippen LogP contribution in [0.2, 0.25) is 0 Å². The summed E-state index contributed by atoms with van der Waals surface area (Å²) in [5, 5.41) is 0. The van der Waals surface area contributed by atoms with E-state index in [0.29, 0.717) is 10.4 Å². The number of hydrogen-bond donors (Lipinski definition) is 1. The Labute approximate surface area is 97.4 Å². The summed E-state index contributed by atoms with van der Waals surface area (Å²) in [5.74, 6) is 2.13. The molecule has 1 N–H and O–H groups in total. The van der Waals surface area contributed by atoms with E-state index in [1.165, 1.54) is 12.8 Å². The minimum atomic E-state index is -0.0707. The Bertz CT molecular complexity index is 394. The predicted molar refractivity (Wildman–Crippen MR) is 62.9 cm³/mol. The molecule has 0 saturated heterocycles. The van der Waals surface area contributed by atoms with Gasteiger partial charge in [0.05, 0.1) is 0 Å². The van der Waals surface area contributed by atoms with Crippen molar-refractivity contribution in [2.75, 3.05) is 0 Å². The molecule has 0 spiro atoms. The molecule has 3 nitrogen and oxygen atoms in total. The van der Waals surface area contributed by atoms with Gasteiger partial charge < -0.3 is 4.98 Å². The number of nitrogens with zero attached hydrogens (tertiary/aromatic N) is 1. The molecule has 0 bridgehead atoms. The molecular weight excluding hydrogens is 256 g/mol. The minimum absolute atomic E-state index is 0.0707. The van der Waals surface area contributed by atoms with Gasteiger partial charge in [-0.2, -0.15) is 0 Å². The SMILES string of the molecule is CC1CCC(c2ncc(Br)c(=O)[nH]2)CC1. The highest BCUT2D eigenvalue weighted by Gasteiger charge is 2.21. The van der Waals surface area contributed by atoms with E-state index >= 15 is 0 Å². The summed E-state index contributed by atoms with van der Waals surface area (Å²) in [4.78, 5) is 18.5. The molecule has 15 heavy (non-hydrogen) atoms. The maximum Gasteiger partial charge on any atom is 0.265 e. The Morgan fingerprint density at radius 3 is 2.67 bits per heavy atom. The van der Waals surface area contributed by atoms with Crippen LogP contribution >= 0.6 is 15.9 Å². The Balaban J connectivity index is 2.16. The monoisotopic (exact) mass is 270 g/mol. The van der Waals surface area contributed by atoms with Crippen LogP contribution in [0.4, 0.5) is 0 Å². The second-order valence-electron chi connectivity index (χ2n) is 4.40. The molecule has 1 aliphatic rings. The van der Waals surface area contributed by atoms with Crippen LogP contribution in [0, 0.1) is 5.92 Å². The fourth-order valence-corrected chi connectivity index (χ4v) is 2.34. The lowest BCUT2D eigenvalue weighted by molar-refractivity contribution is 0.339. The van der Waals surface area contributed by atoms with Gasteiger partial charge in [0.25, 0.3) is 5.56 Å². The lowest BCUT2D eigenvalue weighted by Gasteiger charge is -2.25. The highest BCUT2D eigenvalue weighted by Crippen LogP contribution is 2.33. The molecule has 1 aromatic heterocycles. The zero-order valence-electron chi connectivity index (χ0n) is 8.79. The molecule has 1 aromatic rings. The Kier molecular flexibility index (Phi) is 3.24. The first-order valence-electron chi connectivity index (χ1n) is 5.41. The normalized spacial score (nSPS) is 26.5. The van der Waals surface area contributed by atoms with Crippen LogP contribution in [0.1, 0.15) is 44.3 Å². The zero-order valence-corrected chi connectivity index (χ0v) is 10.4. The van der Waals surface area contributed by atoms with E-state index in [4.69, 9.17) is 0 Å². The summed E-state index contributed by atoms with van der Waals surface area (Å²) in [6.07, 6.45) is 6.37. The largest absolute Gasteiger partial charge is 0.309 e. The van der Waals surface area contributed by atoms with Gasteiger partial charge in [-0.15, -0.1) is 0 Å². The molecule has 0 atom stereocenters. The first-order valence-corrected chi connectivity index (χ1v) is 6.21. The van der Waals surface area contributed by atoms with E-state index < -0.39 is 0 Å². The average molecular weight is 271 g/mol. The van der Waals surface area contributed by atoms with Crippen molar-refractivity contribution in [2.45, 2.75) is 38.5 Å². The number of aromatic nitrogens is 2. The van der Waals surface area contributed by atoms with Crippen molar-refractivity contribution in [3.63, 3.8) is 0 Å². The third kappa shape index (κ3) is 2.48. The van der Waals surface area contributed by atoms with Crippen molar-refractivity contribution >= 4 is 15.9 Å². The number of rotatable bonds is 1. The van der Waals surface area contributed by atoms with E-state index in [-0.39, 0.29) is 5.56 Å². The summed E-state index contributed by atoms with van der Waals surface area (Å²) < 4.78 is 0.510. The number of halogens is 1. The number of hydrogen-bond acceptors (Lipinski definition) is 2. The van der Waals surface area contributed by atoms with Crippen LogP contribution < -0.4 is 5.56 Å². The van der Waals surface area contributed by atoms with Crippen LogP contribution in [-0.4, -0.2) is 9.97 Å². The lowest BCUT2D eigenvalue weighted by atomic mass is 9.82. The summed E-state index contributed by atoms with van der Waals surface area (Å²) >= 11 is 3.16. The second kappa shape index (κ2) is 4.47. The van der Waals surface area contributed by atoms with Crippen LogP contribution in [0.5, 0.6) is 0 Å². The van der Waals surface area contributed by atoms with Crippen LogP contribution in [0.25, 0.3) is 0 Å². The smallest absolute Gasteiger partial charge is 0.265 e. The van der Waals surface area contributed by atoms with E-state index in [0.717, 1.165) is 24.6 Å². The van der Waals surface area contributed by atoms with E-state index in [2.05, 4.69) is 32.8 Å². The first-order chi connectivity index (χ1) is 7.16. The lowest BCUT2D eigenvalue weighted by Crippen LogP contribution is -2.18. The van der Waals surface area contributed by atoms with Gasteiger partial charge in [-0.05, 0) is 34.7 Å². The van der Waals surface area contributed by atoms with Crippen LogP contribution in [-0.2, 0) is 0 Å². The van der Waals surface area contributed by atoms with Gasteiger partial charge in [-0.3, -0.25) is 4.79 Å². The Hall–Kier alpha value is -0.640. The molecule has 0 unspecified atom stereocenters. The van der Waals surface area contributed by atoms with Crippen molar-refractivity contribution in [1.82, 2.24) is 9.97 Å². The van der Waals surface area contributed by atoms with Crippen molar-refractivity contribution in [1.29, 1.82) is 0 Å². The quantitative estimate of drug-likeness (QED) is 0.853. The highest BCUT2D eigenvalue weighted by atomic mass is 79.9. The van der Waals surface area contributed by atoms with Crippen molar-refractivity contribution in [2.24, 2.45) is 5.92 Å². The number of aromatic amines is 1. The average Bonchev–Trinajstić information content (AvgIpc) is 2.23. The van der Waals surface area contributed by atoms with Crippen molar-refractivity contribution in [3.8, 4) is 0 Å². The summed E-state index contributed by atoms with van der Waals surface area (Å²) in [5.41, 5.74) is -0.0707. The van der Waals surface area contributed by atoms with Gasteiger partial charge in [0.2, 0.25) is 0 Å². The Morgan fingerprint density at radius 2 is 2.07 bits per heavy atom. The molecule has 1 saturated carbocycles. The van der Waals surface area contributed by atoms with E-state index in [1.807, 2.05) is 0 Å². The van der Waals surface area contributed by atoms with Gasteiger partial charge in [-0.1, -0.05) is 19.8 Å². The molecule has 2 rings (SSSR count). The second-order valence-corrected chi connectivity index (χ2v) is 5.26. The number of H-pyrrole nitrogens is 1. The molecule has 0 amide bonds. The topological polar surface area (TPSA) is 45.8 Å². The van der Waals surface area contributed by atoms with E-state index in [9.17, 15) is 4.79 Å². The van der Waals surface area contributed by atoms with Gasteiger partial charge in [-0.25, -0.2) is 4.98 Å². The predicted octanol–water partition coefficient (Wildman–Crippen LogP) is 2.83. The maximum absolute atomic E-state index is 11.4. The maximum atomic E-state index is 11.4. The summed E-state index contributed by atoms with van der Waals surface area (Å²) in [6.45, 7) is 2.29. The first kappa shape index (κ1) is 10.9. The summed E-state index contributed by atoms with van der Waals surface area (Å²) in [6, 6.07) is 0. The van der Waals surface area contributed by atoms with Gasteiger partial charge in [0.1, 0.15) is 10.3 Å². The molecule has 1 aliphatic carbocycles. The molecular formula is C11H15BrN2O. The number of nitrogens with one attached hydrogen (secondary N) is 1. The molecule has 0 radical (unpaired) electrons. The van der Waals surface area contributed by atoms with Crippen LogP contribution in [0.15, 0.2) is 15.5 Å². The standard InChI is InChI=1S/C11H15BrN2O/c1-7-2-4-8(5-3-7)10-13-6-9(12)11(15)14-10/h6-8H,2-5H2,1H3,(H,13,14,15). The fraction of sp³-hybridized carbons (Fsp3) is 0.636. The molecule has 0 aromatic carbocycles. The molecule has 0 aliphatic heterocycles. The van der Waals surface area contributed by atoms with E-state index in [1.54, 1.807) is 6.20 Å². The summed E-state index contributed by atoms with van der Waals surface area (Å²) in [7, 11) is 0. The zero-order chi connectivity index (χ0) is 10.8. The highest BCUT2D eigenvalue weighted by molar-refractivity contribution is 9.10.